The molecule has 0 aliphatic carbocycles. The summed E-state index contributed by atoms with van der Waals surface area (Å²) in [7, 11) is 0. The second kappa shape index (κ2) is 7.14. The standard InChI is InChI=1S/C16H21N5OS/c1-11-3-4-14(20-19-11)7-13-5-6-21(9-13)10-15-8-17-16(23-15)18-12(2)22/h3-4,8,13H,5-7,9-10H2,1-2H3,(H,17,18,22). The molecule has 1 N–H and O–H groups in total. The van der Waals surface area contributed by atoms with Gasteiger partial charge in [-0.05, 0) is 44.4 Å². The highest BCUT2D eigenvalue weighted by atomic mass is 32.1. The largest absolute Gasteiger partial charge is 0.302 e. The van der Waals surface area contributed by atoms with E-state index in [1.54, 1.807) is 11.3 Å². The number of carbonyl (C=O) groups excluding carboxylic acids is 1. The average Bonchev–Trinajstić information content (AvgIpc) is 3.11. The van der Waals surface area contributed by atoms with E-state index in [1.165, 1.54) is 18.2 Å². The molecule has 0 spiro atoms. The summed E-state index contributed by atoms with van der Waals surface area (Å²) in [6.45, 7) is 6.52. The van der Waals surface area contributed by atoms with E-state index in [2.05, 4.69) is 31.5 Å². The minimum absolute atomic E-state index is 0.0775. The maximum atomic E-state index is 11.0. The highest BCUT2D eigenvalue weighted by molar-refractivity contribution is 7.15. The Bertz CT molecular complexity index is 669. The number of rotatable bonds is 5. The molecule has 1 atom stereocenters. The Morgan fingerprint density at radius 2 is 2.30 bits per heavy atom. The summed E-state index contributed by atoms with van der Waals surface area (Å²) in [5.74, 6) is 0.557. The molecular weight excluding hydrogens is 310 g/mol. The lowest BCUT2D eigenvalue weighted by Gasteiger charge is -2.14. The molecule has 1 amide bonds. The average molecular weight is 331 g/mol. The fourth-order valence-electron chi connectivity index (χ4n) is 2.86. The molecule has 0 bridgehead atoms. The van der Waals surface area contributed by atoms with Crippen LogP contribution in [0.2, 0.25) is 0 Å². The predicted octanol–water partition coefficient (Wildman–Crippen LogP) is 2.26. The van der Waals surface area contributed by atoms with E-state index in [1.807, 2.05) is 19.2 Å². The van der Waals surface area contributed by atoms with E-state index >= 15 is 0 Å². The molecule has 1 unspecified atom stereocenters. The zero-order valence-corrected chi connectivity index (χ0v) is 14.3. The van der Waals surface area contributed by atoms with Gasteiger partial charge >= 0.3 is 0 Å². The molecule has 6 nitrogen and oxygen atoms in total. The zero-order chi connectivity index (χ0) is 16.2. The molecule has 7 heteroatoms. The smallest absolute Gasteiger partial charge is 0.223 e. The molecule has 1 aliphatic rings. The Labute approximate surface area is 140 Å². The number of anilines is 1. The maximum absolute atomic E-state index is 11.0. The lowest BCUT2D eigenvalue weighted by molar-refractivity contribution is -0.114. The fourth-order valence-corrected chi connectivity index (χ4v) is 3.76. The third-order valence-electron chi connectivity index (χ3n) is 3.94. The van der Waals surface area contributed by atoms with E-state index in [0.717, 1.165) is 37.4 Å². The van der Waals surface area contributed by atoms with Gasteiger partial charge < -0.3 is 5.32 Å². The third kappa shape index (κ3) is 4.56. The van der Waals surface area contributed by atoms with E-state index in [4.69, 9.17) is 0 Å². The van der Waals surface area contributed by atoms with Crippen molar-refractivity contribution in [1.82, 2.24) is 20.1 Å². The molecule has 1 fully saturated rings. The van der Waals surface area contributed by atoms with E-state index < -0.39 is 0 Å². The van der Waals surface area contributed by atoms with Crippen LogP contribution in [0, 0.1) is 12.8 Å². The summed E-state index contributed by atoms with van der Waals surface area (Å²) in [4.78, 5) is 18.9. The number of thiazole rings is 1. The van der Waals surface area contributed by atoms with Crippen molar-refractivity contribution in [2.75, 3.05) is 18.4 Å². The van der Waals surface area contributed by atoms with Gasteiger partial charge in [0.05, 0.1) is 11.4 Å². The van der Waals surface area contributed by atoms with Gasteiger partial charge in [-0.1, -0.05) is 0 Å². The summed E-state index contributed by atoms with van der Waals surface area (Å²) in [5.41, 5.74) is 2.04. The van der Waals surface area contributed by atoms with Gasteiger partial charge in [0.1, 0.15) is 0 Å². The Kier molecular flexibility index (Phi) is 4.97. The molecule has 1 aliphatic heterocycles. The van der Waals surface area contributed by atoms with Gasteiger partial charge in [0.25, 0.3) is 0 Å². The van der Waals surface area contributed by atoms with Crippen LogP contribution in [0.15, 0.2) is 18.3 Å². The topological polar surface area (TPSA) is 71.0 Å². The molecule has 3 heterocycles. The van der Waals surface area contributed by atoms with E-state index in [9.17, 15) is 4.79 Å². The molecule has 122 valence electrons. The van der Waals surface area contributed by atoms with E-state index in [-0.39, 0.29) is 5.91 Å². The van der Waals surface area contributed by atoms with Crippen molar-refractivity contribution in [2.24, 2.45) is 5.92 Å². The Hall–Kier alpha value is -1.86. The van der Waals surface area contributed by atoms with Crippen LogP contribution in [-0.2, 0) is 17.8 Å². The molecule has 23 heavy (non-hydrogen) atoms. The normalized spacial score (nSPS) is 18.3. The fraction of sp³-hybridized carbons (Fsp3) is 0.500. The maximum Gasteiger partial charge on any atom is 0.223 e. The monoisotopic (exact) mass is 331 g/mol. The van der Waals surface area contributed by atoms with Crippen molar-refractivity contribution in [1.29, 1.82) is 0 Å². The van der Waals surface area contributed by atoms with Gasteiger partial charge in [0, 0.05) is 31.1 Å². The number of aryl methyl sites for hydroxylation is 1. The van der Waals surface area contributed by atoms with Crippen molar-refractivity contribution in [3.8, 4) is 0 Å². The first-order valence-electron chi connectivity index (χ1n) is 7.82. The van der Waals surface area contributed by atoms with Crippen molar-refractivity contribution in [3.63, 3.8) is 0 Å². The minimum atomic E-state index is -0.0775. The van der Waals surface area contributed by atoms with Crippen LogP contribution < -0.4 is 5.32 Å². The lowest BCUT2D eigenvalue weighted by atomic mass is 10.0. The Morgan fingerprint density at radius 1 is 1.43 bits per heavy atom. The first kappa shape index (κ1) is 16.0. The van der Waals surface area contributed by atoms with Crippen LogP contribution in [0.1, 0.15) is 29.6 Å². The van der Waals surface area contributed by atoms with Crippen LogP contribution >= 0.6 is 11.3 Å². The Morgan fingerprint density at radius 3 is 3.04 bits per heavy atom. The second-order valence-electron chi connectivity index (χ2n) is 6.07. The highest BCUT2D eigenvalue weighted by Crippen LogP contribution is 2.25. The van der Waals surface area contributed by atoms with Gasteiger partial charge in [-0.25, -0.2) is 4.98 Å². The molecule has 1 saturated heterocycles. The number of aromatic nitrogens is 3. The van der Waals surface area contributed by atoms with Crippen LogP contribution in [-0.4, -0.2) is 39.1 Å². The molecular formula is C16H21N5OS. The summed E-state index contributed by atoms with van der Waals surface area (Å²) in [6.07, 6.45) is 4.03. The molecule has 0 saturated carbocycles. The number of hydrogen-bond donors (Lipinski definition) is 1. The molecule has 2 aromatic rings. The highest BCUT2D eigenvalue weighted by Gasteiger charge is 2.23. The second-order valence-corrected chi connectivity index (χ2v) is 7.19. The van der Waals surface area contributed by atoms with Crippen molar-refractivity contribution < 1.29 is 4.79 Å². The van der Waals surface area contributed by atoms with E-state index in [0.29, 0.717) is 11.0 Å². The number of nitrogens with one attached hydrogen (secondary N) is 1. The third-order valence-corrected chi connectivity index (χ3v) is 4.83. The number of likely N-dealkylation sites (tertiary alicyclic amines) is 1. The van der Waals surface area contributed by atoms with Crippen molar-refractivity contribution in [2.45, 2.75) is 33.2 Å². The van der Waals surface area contributed by atoms with Crippen LogP contribution in [0.3, 0.4) is 0 Å². The van der Waals surface area contributed by atoms with Crippen LogP contribution in [0.4, 0.5) is 5.13 Å². The minimum Gasteiger partial charge on any atom is -0.302 e. The summed E-state index contributed by atoms with van der Waals surface area (Å²) in [6, 6.07) is 4.10. The van der Waals surface area contributed by atoms with Gasteiger partial charge in [-0.2, -0.15) is 10.2 Å². The van der Waals surface area contributed by atoms with Gasteiger partial charge in [-0.3, -0.25) is 9.69 Å². The first-order chi connectivity index (χ1) is 11.1. The van der Waals surface area contributed by atoms with Gasteiger partial charge in [0.2, 0.25) is 5.91 Å². The number of hydrogen-bond acceptors (Lipinski definition) is 6. The predicted molar refractivity (Wildman–Crippen MR) is 90.3 cm³/mol. The number of carbonyl (C=O) groups is 1. The number of amides is 1. The SMILES string of the molecule is CC(=O)Nc1ncc(CN2CCC(Cc3ccc(C)nn3)C2)s1. The van der Waals surface area contributed by atoms with Crippen molar-refractivity contribution >= 4 is 22.4 Å². The first-order valence-corrected chi connectivity index (χ1v) is 8.64. The van der Waals surface area contributed by atoms with Gasteiger partial charge in [-0.15, -0.1) is 11.3 Å². The summed E-state index contributed by atoms with van der Waals surface area (Å²) in [5, 5.41) is 11.8. The quantitative estimate of drug-likeness (QED) is 0.910. The molecule has 3 rings (SSSR count). The molecule has 0 aromatic carbocycles. The lowest BCUT2D eigenvalue weighted by Crippen LogP contribution is -2.20. The van der Waals surface area contributed by atoms with Crippen molar-refractivity contribution in [3.05, 3.63) is 34.6 Å². The molecule has 0 radical (unpaired) electrons. The Balaban J connectivity index is 1.50. The zero-order valence-electron chi connectivity index (χ0n) is 13.5. The van der Waals surface area contributed by atoms with Crippen LogP contribution in [0.5, 0.6) is 0 Å². The van der Waals surface area contributed by atoms with Crippen LogP contribution in [0.25, 0.3) is 0 Å². The van der Waals surface area contributed by atoms with Gasteiger partial charge in [0.15, 0.2) is 5.13 Å². The number of nitrogens with zero attached hydrogens (tertiary/aromatic N) is 4. The molecule has 2 aromatic heterocycles. The summed E-state index contributed by atoms with van der Waals surface area (Å²) < 4.78 is 0. The summed E-state index contributed by atoms with van der Waals surface area (Å²) >= 11 is 1.55.